The van der Waals surface area contributed by atoms with Crippen molar-refractivity contribution in [3.05, 3.63) is 47.1 Å². The first kappa shape index (κ1) is 20.3. The van der Waals surface area contributed by atoms with Gasteiger partial charge in [0.1, 0.15) is 6.33 Å². The highest BCUT2D eigenvalue weighted by molar-refractivity contribution is 5.85. The van der Waals surface area contributed by atoms with Crippen molar-refractivity contribution in [1.82, 2.24) is 19.0 Å². The van der Waals surface area contributed by atoms with Gasteiger partial charge in [0.05, 0.1) is 23.2 Å². The quantitative estimate of drug-likeness (QED) is 0.654. The molecule has 1 amide bonds. The number of benzene rings is 1. The van der Waals surface area contributed by atoms with Gasteiger partial charge < -0.3 is 24.0 Å². The van der Waals surface area contributed by atoms with E-state index >= 15 is 0 Å². The number of amides is 1. The fourth-order valence-corrected chi connectivity index (χ4v) is 4.79. The molecule has 172 valence electrons. The minimum absolute atomic E-state index is 0.156. The molecular formula is C24H26N4O5. The first-order chi connectivity index (χ1) is 15.9. The number of rotatable bonds is 4. The van der Waals surface area contributed by atoms with E-state index in [0.717, 1.165) is 18.5 Å². The molecular weight excluding hydrogens is 424 g/mol. The Morgan fingerprint density at radius 1 is 1.12 bits per heavy atom. The van der Waals surface area contributed by atoms with Crippen molar-refractivity contribution in [2.45, 2.75) is 44.8 Å². The van der Waals surface area contributed by atoms with Gasteiger partial charge in [-0.1, -0.05) is 6.92 Å². The van der Waals surface area contributed by atoms with Gasteiger partial charge in [-0.25, -0.2) is 4.98 Å². The van der Waals surface area contributed by atoms with Crippen molar-refractivity contribution in [2.75, 3.05) is 19.9 Å². The lowest BCUT2D eigenvalue weighted by Gasteiger charge is -2.39. The summed E-state index contributed by atoms with van der Waals surface area (Å²) in [5, 5.41) is 11.6. The van der Waals surface area contributed by atoms with Crippen molar-refractivity contribution in [2.24, 2.45) is 5.41 Å². The molecule has 4 heterocycles. The second-order valence-electron chi connectivity index (χ2n) is 9.72. The van der Waals surface area contributed by atoms with Gasteiger partial charge in [0.2, 0.25) is 12.7 Å². The molecule has 3 aliphatic rings. The van der Waals surface area contributed by atoms with Gasteiger partial charge in [-0.05, 0) is 43.9 Å². The minimum atomic E-state index is -1.04. The molecule has 9 nitrogen and oxygen atoms in total. The van der Waals surface area contributed by atoms with Crippen LogP contribution in [0.2, 0.25) is 0 Å². The molecule has 3 aromatic rings. The number of carbonyl (C=O) groups excluding carboxylic acids is 1. The monoisotopic (exact) mass is 450 g/mol. The van der Waals surface area contributed by atoms with E-state index in [1.807, 2.05) is 34.6 Å². The summed E-state index contributed by atoms with van der Waals surface area (Å²) in [7, 11) is 0. The van der Waals surface area contributed by atoms with E-state index in [2.05, 4.69) is 4.98 Å². The molecule has 1 saturated heterocycles. The van der Waals surface area contributed by atoms with Crippen LogP contribution in [0.25, 0.3) is 16.7 Å². The second-order valence-corrected chi connectivity index (χ2v) is 9.72. The molecule has 2 aliphatic heterocycles. The lowest BCUT2D eigenvalue weighted by molar-refractivity contribution is -0.141. The summed E-state index contributed by atoms with van der Waals surface area (Å²) in [6.07, 6.45) is 6.07. The Morgan fingerprint density at radius 3 is 2.64 bits per heavy atom. The number of aromatic nitrogens is 3. The van der Waals surface area contributed by atoms with Crippen LogP contribution >= 0.6 is 0 Å². The van der Waals surface area contributed by atoms with Crippen LogP contribution in [0.1, 0.15) is 32.6 Å². The molecule has 2 fully saturated rings. The number of hydrogen-bond donors (Lipinski definition) is 1. The zero-order chi connectivity index (χ0) is 22.8. The highest BCUT2D eigenvalue weighted by Crippen LogP contribution is 2.47. The Balaban J connectivity index is 1.22. The fraction of sp³-hybridized carbons (Fsp3) is 0.458. The summed E-state index contributed by atoms with van der Waals surface area (Å²) >= 11 is 0. The Bertz CT molecular complexity index is 1310. The predicted molar refractivity (Wildman–Crippen MR) is 120 cm³/mol. The molecule has 0 spiro atoms. The van der Waals surface area contributed by atoms with Crippen molar-refractivity contribution in [3.63, 3.8) is 0 Å². The SMILES string of the molecule is CC1(C(=O)N2CCC(O)(Cn3cnc4c(ccn4-c4ccc5c(c4)OCO5)c3=O)CC2)CC1. The van der Waals surface area contributed by atoms with Crippen molar-refractivity contribution in [1.29, 1.82) is 0 Å². The van der Waals surface area contributed by atoms with Gasteiger partial charge in [-0.2, -0.15) is 0 Å². The molecule has 33 heavy (non-hydrogen) atoms. The van der Waals surface area contributed by atoms with E-state index in [0.29, 0.717) is 48.5 Å². The molecule has 2 aromatic heterocycles. The van der Waals surface area contributed by atoms with Gasteiger partial charge in [0.25, 0.3) is 5.56 Å². The van der Waals surface area contributed by atoms with Gasteiger partial charge in [0, 0.05) is 30.8 Å². The highest BCUT2D eigenvalue weighted by Gasteiger charge is 2.48. The molecule has 0 unspecified atom stereocenters. The number of nitrogens with zero attached hydrogens (tertiary/aromatic N) is 4. The van der Waals surface area contributed by atoms with Crippen LogP contribution in [0.5, 0.6) is 11.5 Å². The third kappa shape index (κ3) is 3.38. The predicted octanol–water partition coefficient (Wildman–Crippen LogP) is 2.07. The average Bonchev–Trinajstić information content (AvgIpc) is 3.22. The Morgan fingerprint density at radius 2 is 1.88 bits per heavy atom. The molecule has 0 atom stereocenters. The summed E-state index contributed by atoms with van der Waals surface area (Å²) in [5.41, 5.74) is -0.0803. The molecule has 1 saturated carbocycles. The third-order valence-electron chi connectivity index (χ3n) is 7.27. The first-order valence-electron chi connectivity index (χ1n) is 11.3. The first-order valence-corrected chi connectivity index (χ1v) is 11.3. The van der Waals surface area contributed by atoms with Gasteiger partial charge in [-0.15, -0.1) is 0 Å². The second kappa shape index (κ2) is 7.08. The third-order valence-corrected chi connectivity index (χ3v) is 7.27. The normalized spacial score (nSPS) is 20.2. The van der Waals surface area contributed by atoms with Gasteiger partial charge in [0.15, 0.2) is 17.1 Å². The number of aliphatic hydroxyl groups is 1. The van der Waals surface area contributed by atoms with E-state index in [-0.39, 0.29) is 30.2 Å². The standard InChI is InChI=1S/C24H26N4O5/c1-23(5-6-23)22(30)26-10-7-24(31,8-11-26)13-27-14-25-20-17(21(27)29)4-9-28(20)16-2-3-18-19(12-16)33-15-32-18/h2-4,9,12,14,31H,5-8,10-11,13,15H2,1H3. The largest absolute Gasteiger partial charge is 0.454 e. The number of carbonyl (C=O) groups is 1. The fourth-order valence-electron chi connectivity index (χ4n) is 4.79. The summed E-state index contributed by atoms with van der Waals surface area (Å²) in [6.45, 7) is 3.38. The number of likely N-dealkylation sites (tertiary alicyclic amines) is 1. The zero-order valence-corrected chi connectivity index (χ0v) is 18.5. The Labute approximate surface area is 190 Å². The van der Waals surface area contributed by atoms with Crippen LogP contribution in [0.4, 0.5) is 0 Å². The summed E-state index contributed by atoms with van der Waals surface area (Å²) in [6, 6.07) is 7.32. The van der Waals surface area contributed by atoms with E-state index in [1.54, 1.807) is 12.3 Å². The lowest BCUT2D eigenvalue weighted by atomic mass is 9.90. The van der Waals surface area contributed by atoms with Crippen LogP contribution in [0, 0.1) is 5.41 Å². The number of piperidine rings is 1. The maximum atomic E-state index is 13.2. The average molecular weight is 450 g/mol. The van der Waals surface area contributed by atoms with Crippen LogP contribution in [0.3, 0.4) is 0 Å². The van der Waals surface area contributed by atoms with Crippen LogP contribution < -0.4 is 15.0 Å². The smallest absolute Gasteiger partial charge is 0.262 e. The van der Waals surface area contributed by atoms with Crippen LogP contribution in [-0.2, 0) is 11.3 Å². The topological polar surface area (TPSA) is 98.8 Å². The molecule has 0 bridgehead atoms. The minimum Gasteiger partial charge on any atom is -0.454 e. The number of hydrogen-bond acceptors (Lipinski definition) is 6. The van der Waals surface area contributed by atoms with E-state index in [1.165, 1.54) is 10.9 Å². The molecule has 1 aromatic carbocycles. The van der Waals surface area contributed by atoms with Gasteiger partial charge >= 0.3 is 0 Å². The molecule has 1 aliphatic carbocycles. The maximum absolute atomic E-state index is 13.2. The summed E-state index contributed by atoms with van der Waals surface area (Å²) < 4.78 is 14.1. The molecule has 9 heteroatoms. The van der Waals surface area contributed by atoms with Crippen LogP contribution in [0.15, 0.2) is 41.6 Å². The molecule has 0 radical (unpaired) electrons. The Hall–Kier alpha value is -3.33. The van der Waals surface area contributed by atoms with E-state index < -0.39 is 5.60 Å². The summed E-state index contributed by atoms with van der Waals surface area (Å²) in [5.74, 6) is 1.54. The van der Waals surface area contributed by atoms with Crippen molar-refractivity contribution < 1.29 is 19.4 Å². The maximum Gasteiger partial charge on any atom is 0.262 e. The Kier molecular flexibility index (Phi) is 4.35. The van der Waals surface area contributed by atoms with Crippen LogP contribution in [-0.4, -0.2) is 55.5 Å². The number of ether oxygens (including phenoxy) is 2. The lowest BCUT2D eigenvalue weighted by Crippen LogP contribution is -2.51. The van der Waals surface area contributed by atoms with Gasteiger partial charge in [-0.3, -0.25) is 14.2 Å². The van der Waals surface area contributed by atoms with Crippen molar-refractivity contribution >= 4 is 16.9 Å². The molecule has 1 N–H and O–H groups in total. The molecule has 6 rings (SSSR count). The van der Waals surface area contributed by atoms with E-state index in [9.17, 15) is 14.7 Å². The highest BCUT2D eigenvalue weighted by atomic mass is 16.7. The summed E-state index contributed by atoms with van der Waals surface area (Å²) in [4.78, 5) is 32.2. The zero-order valence-electron chi connectivity index (χ0n) is 18.5. The number of fused-ring (bicyclic) bond motifs is 2. The van der Waals surface area contributed by atoms with E-state index in [4.69, 9.17) is 9.47 Å². The van der Waals surface area contributed by atoms with Crippen molar-refractivity contribution in [3.8, 4) is 17.2 Å².